The van der Waals surface area contributed by atoms with Gasteiger partial charge in [-0.15, -0.1) is 0 Å². The SMILES string of the molecule is [2H]c1c([2H])c([2H])[c]([Ge]([c]2c([2H])c([2H])c([2H])c([2H])c2[2H])([c]2c([2H])c([2H])c([2H])c(-c3ccc4c(c3)oc3ccccc34)c2[2H])[c]2c([2H])c([2H])c([2H])c(-c3nc(-c4c([2H])c([2H])c([2H])c([2H])c4-n4c5c([2H])c([2H])c([2H])c([2H])c5c5c([2H])c([2H])c([2H])c([2H])c54)nc(-n4c5c([2H])c([2H])c([2H])c([2H])c5c5c([2H])c([2H])c([2H])c([2H])c54)n3)c2[2H])c([2H])c1[2H]. The van der Waals surface area contributed by atoms with E-state index in [9.17, 15) is 38.4 Å². The van der Waals surface area contributed by atoms with Crippen molar-refractivity contribution < 1.29 is 56.5 Å². The van der Waals surface area contributed by atoms with Crippen molar-refractivity contribution in [3.05, 3.63) is 272 Å². The summed E-state index contributed by atoms with van der Waals surface area (Å²) in [6.45, 7) is 0. The van der Waals surface area contributed by atoms with E-state index in [0.717, 1.165) is 0 Å². The van der Waals surface area contributed by atoms with Crippen LogP contribution in [0.2, 0.25) is 0 Å². The second-order valence-electron chi connectivity index (χ2n) is 16.6. The molecular formula is C69H45GeN5O. The van der Waals surface area contributed by atoms with E-state index in [2.05, 4.69) is 15.0 Å². The van der Waals surface area contributed by atoms with E-state index in [1.165, 1.54) is 18.2 Å². The maximum atomic E-state index is 11.0. The molecule has 11 aromatic carbocycles. The third-order valence-electron chi connectivity index (χ3n) is 12.6. The second-order valence-corrected chi connectivity index (χ2v) is 24.0. The van der Waals surface area contributed by atoms with Gasteiger partial charge < -0.3 is 0 Å². The van der Waals surface area contributed by atoms with Gasteiger partial charge in [0.2, 0.25) is 0 Å². The molecule has 0 saturated carbocycles. The first-order valence-corrected chi connectivity index (χ1v) is 26.9. The Kier molecular flexibility index (Phi) is 4.74. The van der Waals surface area contributed by atoms with Gasteiger partial charge in [0.15, 0.2) is 0 Å². The molecule has 4 aromatic heterocycles. The van der Waals surface area contributed by atoms with Gasteiger partial charge in [0.25, 0.3) is 0 Å². The van der Waals surface area contributed by atoms with Crippen molar-refractivity contribution >= 4 is 96.4 Å². The molecule has 0 amide bonds. The van der Waals surface area contributed by atoms with Crippen LogP contribution >= 0.6 is 0 Å². The summed E-state index contributed by atoms with van der Waals surface area (Å²) in [5, 5.41) is -1.66. The van der Waals surface area contributed by atoms with Crippen LogP contribution < -0.4 is 17.6 Å². The molecular weight excluding hydrogens is 987 g/mol. The van der Waals surface area contributed by atoms with Gasteiger partial charge >= 0.3 is 474 Å². The van der Waals surface area contributed by atoms with E-state index in [-0.39, 0.29) is 11.1 Å². The van der Waals surface area contributed by atoms with Crippen LogP contribution in [0.25, 0.3) is 111 Å². The number of nitrogens with zero attached hydrogens (tertiary/aromatic N) is 5. The minimum absolute atomic E-state index is 0.0858. The average Bonchev–Trinajstić information content (AvgIpc) is 0.961. The third kappa shape index (κ3) is 6.91. The normalized spacial score (nSPS) is 18.9. The number of rotatable bonds is 9. The number of fused-ring (bicyclic) bond motifs is 9. The average molecular weight is 1070 g/mol. The molecule has 15 aromatic rings. The van der Waals surface area contributed by atoms with Crippen molar-refractivity contribution in [1.82, 2.24) is 24.1 Å². The summed E-state index contributed by atoms with van der Waals surface area (Å²) >= 11 is -7.84. The summed E-state index contributed by atoms with van der Waals surface area (Å²) in [6, 6.07) is -33.5. The fourth-order valence-corrected chi connectivity index (χ4v) is 17.0. The first-order valence-electron chi connectivity index (χ1n) is 41.7. The molecule has 0 atom stereocenters. The fraction of sp³-hybridized carbons (Fsp3) is 0. The number of aromatic nitrogens is 5. The summed E-state index contributed by atoms with van der Waals surface area (Å²) in [5.41, 5.74) is -7.15. The molecule has 356 valence electrons. The first kappa shape index (κ1) is 20.2. The van der Waals surface area contributed by atoms with E-state index >= 15 is 0 Å². The molecule has 0 spiro atoms. The van der Waals surface area contributed by atoms with Crippen LogP contribution in [-0.4, -0.2) is 37.4 Å². The Labute approximate surface area is 494 Å². The molecule has 4 heterocycles. The minimum atomic E-state index is -7.84. The zero-order chi connectivity index (χ0) is 83.2. The van der Waals surface area contributed by atoms with Crippen LogP contribution in [0.5, 0.6) is 0 Å². The Balaban J connectivity index is 1.21. The standard InChI is InChI=1S/C69H45GeN5O/c1-3-23-49(24-4-1)70(50-25-5-2-6-26-50,51-27-19-21-46(43-51)47-41-42-58-57-33-12-18-40-65(57)76-66(58)45-47)52-28-20-22-48(44-52)67-71-68(73-69(72-67)75-62-37-15-9-31-55(62)56-32-10-16-38-63(56)75)59-34-11-17-39-64(59)74-60-35-13-7-29-53(60)54-30-8-14-36-61(54)74/h1-45H/i1D,2D,3D,4D,5D,6D,7D,8D,9D,10D,11D,13D,14D,15D,16D,17D,19D,20D,21D,22D,23D,24D,25D,26D,27D,28D,29D,30D,31D,32D,34D,35D,36D,37D,38D,39D,43D,44D. The Morgan fingerprint density at radius 1 is 0.355 bits per heavy atom. The number of furan rings is 1. The predicted octanol–water partition coefficient (Wildman–Crippen LogP) is 14.3. The van der Waals surface area contributed by atoms with Crippen molar-refractivity contribution in [3.8, 4) is 45.5 Å². The van der Waals surface area contributed by atoms with Gasteiger partial charge in [-0.2, -0.15) is 0 Å². The first-order chi connectivity index (χ1) is 53.5. The summed E-state index contributed by atoms with van der Waals surface area (Å²) in [7, 11) is 0. The third-order valence-corrected chi connectivity index (χ3v) is 21.0. The molecule has 7 heteroatoms. The van der Waals surface area contributed by atoms with Crippen LogP contribution in [-0.2, 0) is 0 Å². The molecule has 15 rings (SSSR count). The number of benzene rings is 11. The summed E-state index contributed by atoms with van der Waals surface area (Å²) < 4.78 is 364. The van der Waals surface area contributed by atoms with Crippen LogP contribution in [0.1, 0.15) is 52.1 Å². The molecule has 0 aliphatic rings. The van der Waals surface area contributed by atoms with Crippen LogP contribution in [0.3, 0.4) is 0 Å². The molecule has 0 fully saturated rings. The fourth-order valence-electron chi connectivity index (χ4n) is 9.41. The van der Waals surface area contributed by atoms with Gasteiger partial charge in [-0.05, 0) is 0 Å². The molecule has 6 nitrogen and oxygen atoms in total. The molecule has 0 unspecified atom stereocenters. The van der Waals surface area contributed by atoms with Gasteiger partial charge in [0.05, 0.1) is 8.22 Å². The molecule has 0 bridgehead atoms. The topological polar surface area (TPSA) is 61.7 Å². The zero-order valence-electron chi connectivity index (χ0n) is 76.2. The summed E-state index contributed by atoms with van der Waals surface area (Å²) in [4.78, 5) is 14.0. The van der Waals surface area contributed by atoms with Crippen molar-refractivity contribution in [2.45, 2.75) is 0 Å². The monoisotopic (exact) mass is 1070 g/mol. The van der Waals surface area contributed by atoms with E-state index in [4.69, 9.17) is 18.1 Å². The molecule has 0 aliphatic carbocycles. The van der Waals surface area contributed by atoms with Gasteiger partial charge in [0.1, 0.15) is 0 Å². The van der Waals surface area contributed by atoms with Crippen molar-refractivity contribution in [2.24, 2.45) is 0 Å². The Hall–Kier alpha value is -9.63. The van der Waals surface area contributed by atoms with Gasteiger partial charge in [-0.3, -0.25) is 0 Å². The Bertz CT molecular complexity index is 6770. The van der Waals surface area contributed by atoms with Gasteiger partial charge in [0, 0.05) is 0 Å². The maximum absolute atomic E-state index is 11.0. The van der Waals surface area contributed by atoms with E-state index in [1.54, 1.807) is 24.3 Å². The molecule has 76 heavy (non-hydrogen) atoms. The number of para-hydroxylation sites is 6. The number of hydrogen-bond acceptors (Lipinski definition) is 4. The van der Waals surface area contributed by atoms with Gasteiger partial charge in [-0.1, -0.05) is 12.1 Å². The van der Waals surface area contributed by atoms with Crippen molar-refractivity contribution in [2.75, 3.05) is 0 Å². The summed E-state index contributed by atoms with van der Waals surface area (Å²) in [5.74, 6) is -3.80. The summed E-state index contributed by atoms with van der Waals surface area (Å²) in [6.07, 6.45) is 0. The quantitative estimate of drug-likeness (QED) is 0.135. The van der Waals surface area contributed by atoms with Crippen LogP contribution in [0.4, 0.5) is 0 Å². The zero-order valence-corrected chi connectivity index (χ0v) is 40.3. The van der Waals surface area contributed by atoms with Crippen molar-refractivity contribution in [1.29, 1.82) is 0 Å². The van der Waals surface area contributed by atoms with E-state index in [1.807, 2.05) is 0 Å². The Morgan fingerprint density at radius 2 is 0.842 bits per heavy atom. The van der Waals surface area contributed by atoms with E-state index < -0.39 is 344 Å². The number of hydrogen-bond donors (Lipinski definition) is 0. The molecule has 0 saturated heterocycles. The van der Waals surface area contributed by atoms with Gasteiger partial charge in [-0.25, -0.2) is 0 Å². The molecule has 0 radical (unpaired) electrons. The van der Waals surface area contributed by atoms with Crippen LogP contribution in [0, 0.1) is 0 Å². The predicted molar refractivity (Wildman–Crippen MR) is 316 cm³/mol. The molecule has 0 N–H and O–H groups in total. The second kappa shape index (κ2) is 17.8. The van der Waals surface area contributed by atoms with Crippen molar-refractivity contribution in [3.63, 3.8) is 0 Å². The Morgan fingerprint density at radius 3 is 1.47 bits per heavy atom. The molecule has 0 aliphatic heterocycles. The van der Waals surface area contributed by atoms with E-state index in [0.29, 0.717) is 25.5 Å². The van der Waals surface area contributed by atoms with Crippen LogP contribution in [0.15, 0.2) is 276 Å².